The summed E-state index contributed by atoms with van der Waals surface area (Å²) in [6.07, 6.45) is -5.74. The topological polar surface area (TPSA) is 58.5 Å². The fourth-order valence-corrected chi connectivity index (χ4v) is 2.32. The van der Waals surface area contributed by atoms with Crippen LogP contribution >= 0.6 is 11.3 Å². The first-order valence-corrected chi connectivity index (χ1v) is 7.32. The summed E-state index contributed by atoms with van der Waals surface area (Å²) in [4.78, 5) is 23.7. The highest BCUT2D eigenvalue weighted by atomic mass is 32.1. The predicted octanol–water partition coefficient (Wildman–Crippen LogP) is 3.67. The average molecular weight is 340 g/mol. The first-order valence-electron chi connectivity index (χ1n) is 6.44. The van der Waals surface area contributed by atoms with E-state index in [2.05, 4.69) is 5.10 Å². The van der Waals surface area contributed by atoms with Crippen molar-refractivity contribution in [1.82, 2.24) is 5.43 Å². The maximum absolute atomic E-state index is 12.9. The summed E-state index contributed by atoms with van der Waals surface area (Å²) >= 11 is 1.05. The van der Waals surface area contributed by atoms with Crippen LogP contribution in [-0.4, -0.2) is 23.6 Å². The van der Waals surface area contributed by atoms with E-state index in [0.29, 0.717) is 0 Å². The van der Waals surface area contributed by atoms with E-state index >= 15 is 0 Å². The minimum Gasteiger partial charge on any atom is -0.293 e. The van der Waals surface area contributed by atoms with E-state index < -0.39 is 30.0 Å². The second kappa shape index (κ2) is 7.19. The van der Waals surface area contributed by atoms with Gasteiger partial charge in [0.25, 0.3) is 5.91 Å². The summed E-state index contributed by atoms with van der Waals surface area (Å²) in [6, 6.07) is 10.7. The van der Waals surface area contributed by atoms with Gasteiger partial charge in [-0.25, -0.2) is 5.43 Å². The average Bonchev–Trinajstić information content (AvgIpc) is 3.05. The SMILES string of the molecule is O=C(N/N=C(\CC(=O)c1cccs1)C(F)(F)F)c1ccccc1. The number of ketones is 1. The minimum absolute atomic E-state index is 0.169. The molecule has 4 nitrogen and oxygen atoms in total. The van der Waals surface area contributed by atoms with E-state index in [1.807, 2.05) is 5.43 Å². The molecule has 0 saturated heterocycles. The van der Waals surface area contributed by atoms with Gasteiger partial charge in [-0.2, -0.15) is 18.3 Å². The van der Waals surface area contributed by atoms with Crippen LogP contribution in [-0.2, 0) is 0 Å². The Bertz CT molecular complexity index is 710. The quantitative estimate of drug-likeness (QED) is 0.513. The first kappa shape index (κ1) is 16.9. The molecular formula is C15H11F3N2O2S. The predicted molar refractivity (Wildman–Crippen MR) is 80.7 cm³/mol. The monoisotopic (exact) mass is 340 g/mol. The molecule has 1 amide bonds. The first-order chi connectivity index (χ1) is 10.9. The van der Waals surface area contributed by atoms with Crippen LogP contribution < -0.4 is 5.43 Å². The number of carbonyl (C=O) groups is 2. The van der Waals surface area contributed by atoms with Gasteiger partial charge in [0.05, 0.1) is 11.3 Å². The van der Waals surface area contributed by atoms with Crippen molar-refractivity contribution in [2.45, 2.75) is 12.6 Å². The third-order valence-corrected chi connectivity index (χ3v) is 3.69. The number of hydrogen-bond acceptors (Lipinski definition) is 4. The highest BCUT2D eigenvalue weighted by molar-refractivity contribution is 7.12. The molecular weight excluding hydrogens is 329 g/mol. The van der Waals surface area contributed by atoms with Crippen LogP contribution in [0.1, 0.15) is 26.5 Å². The number of benzene rings is 1. The molecule has 0 bridgehead atoms. The number of rotatable bonds is 5. The molecule has 8 heteroatoms. The van der Waals surface area contributed by atoms with Gasteiger partial charge in [-0.3, -0.25) is 9.59 Å². The van der Waals surface area contributed by atoms with Crippen molar-refractivity contribution in [1.29, 1.82) is 0 Å². The van der Waals surface area contributed by atoms with Crippen molar-refractivity contribution in [3.8, 4) is 0 Å². The number of hydrazone groups is 1. The molecule has 0 unspecified atom stereocenters. The maximum Gasteiger partial charge on any atom is 0.431 e. The molecule has 2 rings (SSSR count). The Morgan fingerprint density at radius 3 is 2.35 bits per heavy atom. The van der Waals surface area contributed by atoms with Crippen LogP contribution in [0.5, 0.6) is 0 Å². The molecule has 2 aromatic rings. The lowest BCUT2D eigenvalue weighted by Gasteiger charge is -2.09. The van der Waals surface area contributed by atoms with Crippen LogP contribution in [0.4, 0.5) is 13.2 Å². The summed E-state index contributed by atoms with van der Waals surface area (Å²) in [6.45, 7) is 0. The van der Waals surface area contributed by atoms with Crippen molar-refractivity contribution in [2.24, 2.45) is 5.10 Å². The molecule has 1 N–H and O–H groups in total. The molecule has 0 spiro atoms. The van der Waals surface area contributed by atoms with Crippen molar-refractivity contribution >= 4 is 28.7 Å². The molecule has 1 aromatic carbocycles. The number of halogens is 3. The summed E-state index contributed by atoms with van der Waals surface area (Å²) in [5.41, 5.74) is 0.658. The van der Waals surface area contributed by atoms with Gasteiger partial charge < -0.3 is 0 Å². The molecule has 0 aliphatic rings. The van der Waals surface area contributed by atoms with Gasteiger partial charge in [-0.1, -0.05) is 24.3 Å². The van der Waals surface area contributed by atoms with Crippen molar-refractivity contribution in [3.63, 3.8) is 0 Å². The molecule has 1 aromatic heterocycles. The molecule has 0 atom stereocenters. The van der Waals surface area contributed by atoms with Gasteiger partial charge in [-0.15, -0.1) is 11.3 Å². The molecule has 0 aliphatic carbocycles. The Balaban J connectivity index is 2.12. The number of thiophene rings is 1. The summed E-state index contributed by atoms with van der Waals surface area (Å²) < 4.78 is 38.8. The maximum atomic E-state index is 12.9. The normalized spacial score (nSPS) is 12.0. The third-order valence-electron chi connectivity index (χ3n) is 2.78. The number of nitrogens with one attached hydrogen (secondary N) is 1. The van der Waals surface area contributed by atoms with Crippen LogP contribution in [0, 0.1) is 0 Å². The lowest BCUT2D eigenvalue weighted by molar-refractivity contribution is -0.0605. The van der Waals surface area contributed by atoms with Crippen LogP contribution in [0.15, 0.2) is 52.9 Å². The van der Waals surface area contributed by atoms with E-state index in [-0.39, 0.29) is 10.4 Å². The van der Waals surface area contributed by atoms with E-state index in [1.54, 1.807) is 29.6 Å². The lowest BCUT2D eigenvalue weighted by Crippen LogP contribution is -2.30. The Hall–Kier alpha value is -2.48. The second-order valence-corrected chi connectivity index (χ2v) is 5.39. The van der Waals surface area contributed by atoms with Gasteiger partial charge >= 0.3 is 6.18 Å². The highest BCUT2D eigenvalue weighted by Gasteiger charge is 2.37. The minimum atomic E-state index is -4.81. The number of Topliss-reactive ketones (excluding diaryl/α,β-unsaturated/α-hetero) is 1. The van der Waals surface area contributed by atoms with Gasteiger partial charge in [0.1, 0.15) is 5.71 Å². The standard InChI is InChI=1S/C15H11F3N2O2S/c16-15(17,18)13(9-11(21)12-7-4-8-23-12)19-20-14(22)10-5-2-1-3-6-10/h1-8H,9H2,(H,20,22)/b19-13+. The van der Waals surface area contributed by atoms with Crippen LogP contribution in [0.25, 0.3) is 0 Å². The zero-order chi connectivity index (χ0) is 16.9. The van der Waals surface area contributed by atoms with E-state index in [9.17, 15) is 22.8 Å². The van der Waals surface area contributed by atoms with Crippen molar-refractivity contribution < 1.29 is 22.8 Å². The summed E-state index contributed by atoms with van der Waals surface area (Å²) in [7, 11) is 0. The third kappa shape index (κ3) is 4.75. The summed E-state index contributed by atoms with van der Waals surface area (Å²) in [5.74, 6) is -1.49. The highest BCUT2D eigenvalue weighted by Crippen LogP contribution is 2.22. The molecule has 1 heterocycles. The summed E-state index contributed by atoms with van der Waals surface area (Å²) in [5, 5.41) is 4.69. The Morgan fingerprint density at radius 2 is 1.78 bits per heavy atom. The van der Waals surface area contributed by atoms with Gasteiger partial charge in [-0.05, 0) is 23.6 Å². The molecule has 0 saturated carbocycles. The Kier molecular flexibility index (Phi) is 5.28. The van der Waals surface area contributed by atoms with E-state index in [1.165, 1.54) is 18.2 Å². The van der Waals surface area contributed by atoms with Crippen molar-refractivity contribution in [2.75, 3.05) is 0 Å². The molecule has 120 valence electrons. The Labute approximate surface area is 133 Å². The van der Waals surface area contributed by atoms with Gasteiger partial charge in [0, 0.05) is 5.56 Å². The van der Waals surface area contributed by atoms with Gasteiger partial charge in [0.15, 0.2) is 5.78 Å². The number of amides is 1. The smallest absolute Gasteiger partial charge is 0.293 e. The number of carbonyl (C=O) groups excluding carboxylic acids is 2. The molecule has 23 heavy (non-hydrogen) atoms. The zero-order valence-electron chi connectivity index (χ0n) is 11.6. The molecule has 0 radical (unpaired) electrons. The number of nitrogens with zero attached hydrogens (tertiary/aromatic N) is 1. The number of alkyl halides is 3. The van der Waals surface area contributed by atoms with Gasteiger partial charge in [0.2, 0.25) is 0 Å². The van der Waals surface area contributed by atoms with Crippen LogP contribution in [0.2, 0.25) is 0 Å². The Morgan fingerprint density at radius 1 is 1.09 bits per heavy atom. The molecule has 0 fully saturated rings. The van der Waals surface area contributed by atoms with E-state index in [0.717, 1.165) is 11.3 Å². The fraction of sp³-hybridized carbons (Fsp3) is 0.133. The molecule has 0 aliphatic heterocycles. The fourth-order valence-electron chi connectivity index (χ4n) is 1.65. The van der Waals surface area contributed by atoms with Crippen molar-refractivity contribution in [3.05, 3.63) is 58.3 Å². The van der Waals surface area contributed by atoms with E-state index in [4.69, 9.17) is 0 Å². The van der Waals surface area contributed by atoms with Crippen LogP contribution in [0.3, 0.4) is 0 Å². The second-order valence-electron chi connectivity index (χ2n) is 4.44. The number of hydrogen-bond donors (Lipinski definition) is 1. The largest absolute Gasteiger partial charge is 0.431 e. The zero-order valence-corrected chi connectivity index (χ0v) is 12.4. The lowest BCUT2D eigenvalue weighted by atomic mass is 10.1.